The number of halogens is 1. The van der Waals surface area contributed by atoms with Crippen LogP contribution in [0.3, 0.4) is 0 Å². The summed E-state index contributed by atoms with van der Waals surface area (Å²) in [5, 5.41) is 5.36. The largest absolute Gasteiger partial charge is 0.368 e. The molecule has 2 atom stereocenters. The highest BCUT2D eigenvalue weighted by Gasteiger charge is 2.40. The molecule has 8 heteroatoms. The number of carbonyl (C=O) groups is 3. The standard InChI is InChI=1S/C19H26N4O3.ClH/c20-16(24)10-22-18(25)13-5-2-6-15(9-13)23-19(26)14-7-11-3-1-4-12(8-14)17(11)21;/h2,5-6,9,11-12,14,17H,1,3-4,7-8,10,21H2,(H2,20,24)(H,22,25)(H,23,26);1H. The molecule has 0 aromatic heterocycles. The van der Waals surface area contributed by atoms with Gasteiger partial charge in [0.1, 0.15) is 0 Å². The van der Waals surface area contributed by atoms with Crippen molar-refractivity contribution in [3.05, 3.63) is 29.8 Å². The third-order valence-corrected chi connectivity index (χ3v) is 5.60. The number of benzene rings is 1. The van der Waals surface area contributed by atoms with E-state index in [4.69, 9.17) is 11.5 Å². The van der Waals surface area contributed by atoms with Gasteiger partial charge in [0.25, 0.3) is 5.91 Å². The van der Waals surface area contributed by atoms with Crippen molar-refractivity contribution >= 4 is 35.8 Å². The Kier molecular flexibility index (Phi) is 7.21. The van der Waals surface area contributed by atoms with Crippen molar-refractivity contribution in [3.63, 3.8) is 0 Å². The Balaban J connectivity index is 0.00000261. The van der Waals surface area contributed by atoms with E-state index in [1.165, 1.54) is 6.42 Å². The molecule has 2 unspecified atom stereocenters. The highest BCUT2D eigenvalue weighted by atomic mass is 35.5. The monoisotopic (exact) mass is 394 g/mol. The van der Waals surface area contributed by atoms with Gasteiger partial charge >= 0.3 is 0 Å². The molecule has 27 heavy (non-hydrogen) atoms. The molecule has 148 valence electrons. The van der Waals surface area contributed by atoms with Gasteiger partial charge in [-0.25, -0.2) is 0 Å². The van der Waals surface area contributed by atoms with E-state index in [1.807, 2.05) is 0 Å². The van der Waals surface area contributed by atoms with Gasteiger partial charge in [-0.2, -0.15) is 0 Å². The average Bonchev–Trinajstić information content (AvgIpc) is 2.59. The molecule has 0 saturated heterocycles. The average molecular weight is 395 g/mol. The van der Waals surface area contributed by atoms with Crippen molar-refractivity contribution < 1.29 is 14.4 Å². The molecule has 2 aliphatic rings. The van der Waals surface area contributed by atoms with E-state index in [-0.39, 0.29) is 36.8 Å². The molecule has 0 spiro atoms. The summed E-state index contributed by atoms with van der Waals surface area (Å²) < 4.78 is 0. The molecule has 3 rings (SSSR count). The Morgan fingerprint density at radius 3 is 2.41 bits per heavy atom. The van der Waals surface area contributed by atoms with E-state index in [9.17, 15) is 14.4 Å². The second-order valence-electron chi connectivity index (χ2n) is 7.42. The van der Waals surface area contributed by atoms with Crippen molar-refractivity contribution in [2.75, 3.05) is 11.9 Å². The van der Waals surface area contributed by atoms with E-state index >= 15 is 0 Å². The number of anilines is 1. The molecule has 2 saturated carbocycles. The lowest BCUT2D eigenvalue weighted by Crippen LogP contribution is -2.48. The number of hydrogen-bond acceptors (Lipinski definition) is 4. The summed E-state index contributed by atoms with van der Waals surface area (Å²) in [5.41, 5.74) is 12.3. The molecule has 0 heterocycles. The van der Waals surface area contributed by atoms with Crippen LogP contribution in [0, 0.1) is 17.8 Å². The van der Waals surface area contributed by atoms with Crippen molar-refractivity contribution in [1.82, 2.24) is 5.32 Å². The second kappa shape index (κ2) is 9.19. The topological polar surface area (TPSA) is 127 Å². The van der Waals surface area contributed by atoms with E-state index in [0.717, 1.165) is 25.7 Å². The number of primary amides is 1. The number of nitrogens with two attached hydrogens (primary N) is 2. The first-order chi connectivity index (χ1) is 12.4. The normalized spacial score (nSPS) is 26.4. The van der Waals surface area contributed by atoms with Gasteiger partial charge in [-0.1, -0.05) is 12.5 Å². The number of fused-ring (bicyclic) bond motifs is 2. The molecule has 1 aromatic rings. The molecule has 2 bridgehead atoms. The summed E-state index contributed by atoms with van der Waals surface area (Å²) in [6.45, 7) is -0.222. The maximum absolute atomic E-state index is 12.7. The fraction of sp³-hybridized carbons (Fsp3) is 0.526. The molecule has 0 aliphatic heterocycles. The van der Waals surface area contributed by atoms with Crippen molar-refractivity contribution in [2.45, 2.75) is 38.1 Å². The van der Waals surface area contributed by atoms with Crippen LogP contribution in [0.15, 0.2) is 24.3 Å². The molecular formula is C19H27ClN4O3. The van der Waals surface area contributed by atoms with Crippen LogP contribution >= 0.6 is 12.4 Å². The van der Waals surface area contributed by atoms with Crippen LogP contribution < -0.4 is 22.1 Å². The lowest BCUT2D eigenvalue weighted by molar-refractivity contribution is -0.122. The maximum atomic E-state index is 12.7. The smallest absolute Gasteiger partial charge is 0.251 e. The minimum Gasteiger partial charge on any atom is -0.368 e. The van der Waals surface area contributed by atoms with Crippen molar-refractivity contribution in [2.24, 2.45) is 29.2 Å². The first-order valence-electron chi connectivity index (χ1n) is 9.17. The van der Waals surface area contributed by atoms with Gasteiger partial charge in [-0.05, 0) is 55.7 Å². The SMILES string of the molecule is Cl.NC(=O)CNC(=O)c1cccc(NC(=O)C2CC3CCCC(C2)C3N)c1. The fourth-order valence-corrected chi connectivity index (χ4v) is 4.26. The zero-order valence-electron chi connectivity index (χ0n) is 15.1. The maximum Gasteiger partial charge on any atom is 0.251 e. The minimum absolute atomic E-state index is 0. The molecular weight excluding hydrogens is 368 g/mol. The van der Waals surface area contributed by atoms with E-state index in [2.05, 4.69) is 10.6 Å². The lowest BCUT2D eigenvalue weighted by atomic mass is 9.65. The molecule has 2 fully saturated rings. The zero-order chi connectivity index (χ0) is 18.7. The predicted molar refractivity (Wildman–Crippen MR) is 105 cm³/mol. The van der Waals surface area contributed by atoms with Gasteiger partial charge in [0.05, 0.1) is 6.54 Å². The van der Waals surface area contributed by atoms with Gasteiger partial charge in [0.15, 0.2) is 0 Å². The molecule has 0 radical (unpaired) electrons. The van der Waals surface area contributed by atoms with Gasteiger partial charge in [-0.3, -0.25) is 14.4 Å². The highest BCUT2D eigenvalue weighted by Crippen LogP contribution is 2.42. The predicted octanol–water partition coefficient (Wildman–Crippen LogP) is 1.42. The molecule has 3 amide bonds. The van der Waals surface area contributed by atoms with Gasteiger partial charge < -0.3 is 22.1 Å². The van der Waals surface area contributed by atoms with Crippen LogP contribution in [-0.4, -0.2) is 30.3 Å². The zero-order valence-corrected chi connectivity index (χ0v) is 16.0. The molecule has 6 N–H and O–H groups in total. The molecule has 7 nitrogen and oxygen atoms in total. The van der Waals surface area contributed by atoms with E-state index in [1.54, 1.807) is 24.3 Å². The van der Waals surface area contributed by atoms with Crippen LogP contribution in [-0.2, 0) is 9.59 Å². The van der Waals surface area contributed by atoms with Crippen LogP contribution in [0.2, 0.25) is 0 Å². The number of hydrogen-bond donors (Lipinski definition) is 4. The van der Waals surface area contributed by atoms with Crippen LogP contribution in [0.5, 0.6) is 0 Å². The third-order valence-electron chi connectivity index (χ3n) is 5.60. The summed E-state index contributed by atoms with van der Waals surface area (Å²) in [6, 6.07) is 6.89. The fourth-order valence-electron chi connectivity index (χ4n) is 4.26. The first kappa shape index (κ1) is 21.2. The van der Waals surface area contributed by atoms with E-state index in [0.29, 0.717) is 23.1 Å². The van der Waals surface area contributed by atoms with Crippen LogP contribution in [0.4, 0.5) is 5.69 Å². The van der Waals surface area contributed by atoms with E-state index < -0.39 is 11.8 Å². The van der Waals surface area contributed by atoms with Gasteiger partial charge in [0, 0.05) is 23.2 Å². The Hall–Kier alpha value is -2.12. The summed E-state index contributed by atoms with van der Waals surface area (Å²) in [4.78, 5) is 35.5. The highest BCUT2D eigenvalue weighted by molar-refractivity contribution is 5.98. The van der Waals surface area contributed by atoms with Gasteiger partial charge in [-0.15, -0.1) is 12.4 Å². The number of rotatable bonds is 5. The summed E-state index contributed by atoms with van der Waals surface area (Å²) in [6.07, 6.45) is 5.10. The quantitative estimate of drug-likeness (QED) is 0.602. The number of nitrogens with one attached hydrogen (secondary N) is 2. The van der Waals surface area contributed by atoms with Gasteiger partial charge in [0.2, 0.25) is 11.8 Å². The van der Waals surface area contributed by atoms with Crippen molar-refractivity contribution in [3.8, 4) is 0 Å². The second-order valence-corrected chi connectivity index (χ2v) is 7.42. The summed E-state index contributed by atoms with van der Waals surface area (Å²) in [5.74, 6) is -0.184. The Labute approximate surface area is 165 Å². The minimum atomic E-state index is -0.608. The number of amides is 3. The lowest BCUT2D eigenvalue weighted by Gasteiger charge is -2.43. The number of carbonyl (C=O) groups excluding carboxylic acids is 3. The Bertz CT molecular complexity index is 698. The summed E-state index contributed by atoms with van der Waals surface area (Å²) in [7, 11) is 0. The van der Waals surface area contributed by atoms with Crippen LogP contribution in [0.25, 0.3) is 0 Å². The molecule has 1 aromatic carbocycles. The molecule has 2 aliphatic carbocycles. The third kappa shape index (κ3) is 5.20. The Morgan fingerprint density at radius 2 is 1.78 bits per heavy atom. The summed E-state index contributed by atoms with van der Waals surface area (Å²) >= 11 is 0. The Morgan fingerprint density at radius 1 is 1.11 bits per heavy atom. The van der Waals surface area contributed by atoms with Crippen molar-refractivity contribution in [1.29, 1.82) is 0 Å². The van der Waals surface area contributed by atoms with Crippen LogP contribution in [0.1, 0.15) is 42.5 Å². The first-order valence-corrected chi connectivity index (χ1v) is 9.17.